The van der Waals surface area contributed by atoms with Gasteiger partial charge in [0.05, 0.1) is 30.5 Å². The van der Waals surface area contributed by atoms with Crippen LogP contribution in [-0.2, 0) is 25.4 Å². The first kappa shape index (κ1) is 39.0. The molecular weight excluding hydrogens is 907 g/mol. The quantitative estimate of drug-likeness (QED) is 0.325. The van der Waals surface area contributed by atoms with Crippen molar-refractivity contribution in [3.8, 4) is 34.8 Å². The summed E-state index contributed by atoms with van der Waals surface area (Å²) in [7, 11) is 5.18. The minimum atomic E-state index is -1.05. The summed E-state index contributed by atoms with van der Waals surface area (Å²) < 4.78 is 41.1. The molecule has 0 aliphatic carbocycles. The average molecular weight is 952 g/mol. The van der Waals surface area contributed by atoms with Crippen molar-refractivity contribution in [2.75, 3.05) is 47.2 Å². The van der Waals surface area contributed by atoms with Crippen molar-refractivity contribution in [3.63, 3.8) is 0 Å². The van der Waals surface area contributed by atoms with Crippen LogP contribution in [0.4, 0.5) is 4.79 Å². The molecule has 1 amide bonds. The van der Waals surface area contributed by atoms with E-state index in [1.54, 1.807) is 41.9 Å². The number of likely N-dealkylation sites (N-methyl/N-ethyl adjacent to an activating group) is 1. The number of hydrogen-bond donors (Lipinski definition) is 2. The van der Waals surface area contributed by atoms with E-state index >= 15 is 0 Å². The number of nitrogens with one attached hydrogen (secondary N) is 1. The van der Waals surface area contributed by atoms with Crippen molar-refractivity contribution >= 4 is 23.8 Å². The minimum absolute atomic E-state index is 0. The molecule has 52 heavy (non-hydrogen) atoms. The number of benzene rings is 2. The maximum absolute atomic E-state index is 13.7. The van der Waals surface area contributed by atoms with Crippen LogP contribution in [0.2, 0.25) is 0 Å². The third-order valence-corrected chi connectivity index (χ3v) is 11.8. The number of hydrogen-bond acceptors (Lipinski definition) is 14. The summed E-state index contributed by atoms with van der Waals surface area (Å²) in [6.07, 6.45) is -0.196. The van der Waals surface area contributed by atoms with Crippen LogP contribution in [0.3, 0.4) is 0 Å². The largest absolute Gasteiger partial charge is 0.507 e. The zero-order chi connectivity index (χ0) is 36.5. The standard InChI is InChI=1S/C36H44N4O10S.Ac/c1-16-9-18-10-20-21(11-37)40-22-12-46-34(42)19(38-35(43)50-36(3,4)5)13-51-33(25-24(22)32-30(48-15-49-32)17(2)28(25)41)27(40)26(39(20)6)23(18)31(29(16)45-8)47-14-44-7;/h9,19-22,26-27,33,41H,10,12-15H2,1-8H3,(H,38,43);/t19-,20-,21-,22-,26+,27?,33+;/m0./s1. The molecule has 4 bridgehead atoms. The Kier molecular flexibility index (Phi) is 11.2. The van der Waals surface area contributed by atoms with Gasteiger partial charge < -0.3 is 43.6 Å². The van der Waals surface area contributed by atoms with E-state index in [0.717, 1.165) is 16.7 Å². The molecule has 7 atom stereocenters. The smallest absolute Gasteiger partial charge is 0.408 e. The van der Waals surface area contributed by atoms with Crippen molar-refractivity contribution in [2.45, 2.75) is 88.1 Å². The van der Waals surface area contributed by atoms with Crippen LogP contribution >= 0.6 is 11.8 Å². The molecule has 277 valence electrons. The number of ether oxygens (including phenoxy) is 7. The molecule has 2 aromatic rings. The van der Waals surface area contributed by atoms with E-state index in [1.807, 2.05) is 14.0 Å². The molecule has 1 radical (unpaired) electrons. The summed E-state index contributed by atoms with van der Waals surface area (Å²) in [5, 5.41) is 25.2. The number of esters is 1. The van der Waals surface area contributed by atoms with Gasteiger partial charge in [0.25, 0.3) is 0 Å². The zero-order valence-corrected chi connectivity index (χ0v) is 36.2. The molecule has 2 fully saturated rings. The number of thioether (sulfide) groups is 1. The number of methoxy groups -OCH3 is 2. The first-order valence-electron chi connectivity index (χ1n) is 16.9. The summed E-state index contributed by atoms with van der Waals surface area (Å²) in [6, 6.07) is 1.21. The number of carbonyl (C=O) groups excluding carboxylic acids is 2. The molecule has 0 spiro atoms. The van der Waals surface area contributed by atoms with Gasteiger partial charge in [-0.15, -0.1) is 11.8 Å². The minimum Gasteiger partial charge on any atom is -0.507 e. The van der Waals surface area contributed by atoms with E-state index in [2.05, 4.69) is 27.3 Å². The number of amides is 1. The number of carbonyl (C=O) groups is 2. The van der Waals surface area contributed by atoms with Crippen molar-refractivity contribution < 1.29 is 91.9 Å². The maximum atomic E-state index is 13.7. The number of cyclic esters (lactones) is 1. The molecule has 14 nitrogen and oxygen atoms in total. The fourth-order valence-electron chi connectivity index (χ4n) is 8.49. The van der Waals surface area contributed by atoms with Gasteiger partial charge in [0.2, 0.25) is 6.79 Å². The summed E-state index contributed by atoms with van der Waals surface area (Å²) >= 11 is 1.39. The van der Waals surface area contributed by atoms with Crippen molar-refractivity contribution in [2.24, 2.45) is 0 Å². The van der Waals surface area contributed by atoms with E-state index in [4.69, 9.17) is 33.2 Å². The fraction of sp³-hybridized carbons (Fsp3) is 0.583. The maximum Gasteiger partial charge on any atom is 0.408 e. The van der Waals surface area contributed by atoms with Crippen LogP contribution in [0.15, 0.2) is 6.07 Å². The molecule has 5 aliphatic heterocycles. The Hall–Kier alpha value is -2.66. The van der Waals surface area contributed by atoms with Gasteiger partial charge >= 0.3 is 12.1 Å². The van der Waals surface area contributed by atoms with E-state index in [9.17, 15) is 20.0 Å². The monoisotopic (exact) mass is 951 g/mol. The van der Waals surface area contributed by atoms with Gasteiger partial charge in [0, 0.05) is 91.3 Å². The predicted octanol–water partition coefficient (Wildman–Crippen LogP) is 4.18. The number of rotatable bonds is 5. The normalized spacial score (nSPS) is 27.5. The second kappa shape index (κ2) is 14.9. The number of aromatic hydroxyl groups is 1. The zero-order valence-electron chi connectivity index (χ0n) is 30.6. The summed E-state index contributed by atoms with van der Waals surface area (Å²) in [6.45, 7) is 8.76. The number of piperazine rings is 1. The number of fused-ring (bicyclic) bond motifs is 9. The summed E-state index contributed by atoms with van der Waals surface area (Å²) in [4.78, 5) is 31.0. The Bertz CT molecular complexity index is 1810. The molecule has 5 aliphatic rings. The van der Waals surface area contributed by atoms with Gasteiger partial charge in [-0.05, 0) is 59.2 Å². The van der Waals surface area contributed by atoms with Crippen LogP contribution in [0.25, 0.3) is 0 Å². The predicted molar refractivity (Wildman–Crippen MR) is 184 cm³/mol. The molecule has 2 saturated heterocycles. The van der Waals surface area contributed by atoms with Gasteiger partial charge in [0.1, 0.15) is 30.0 Å². The molecule has 1 unspecified atom stereocenters. The molecule has 2 N–H and O–H groups in total. The fourth-order valence-corrected chi connectivity index (χ4v) is 10.0. The van der Waals surface area contributed by atoms with Crippen LogP contribution < -0.4 is 24.3 Å². The van der Waals surface area contributed by atoms with E-state index in [-0.39, 0.29) is 87.8 Å². The Morgan fingerprint density at radius 3 is 2.54 bits per heavy atom. The van der Waals surface area contributed by atoms with E-state index in [0.29, 0.717) is 46.1 Å². The Balaban J connectivity index is 0.00000464. The van der Waals surface area contributed by atoms with Gasteiger partial charge in [0.15, 0.2) is 29.8 Å². The van der Waals surface area contributed by atoms with Crippen LogP contribution in [0.1, 0.15) is 71.5 Å². The second-order valence-corrected chi connectivity index (χ2v) is 15.7. The second-order valence-electron chi connectivity index (χ2n) is 14.5. The SMILES string of the molecule is COCOc1c(OC)c(C)cc2c1[C@@H]1C3[C@@H]4SC[C@H](NC(=O)OC(C)(C)C)C(=O)OC[C@@H](c5c6c(c(C)c(O)c54)OCO6)N3[C@@H](C#N)[C@H](C2)N1C.[Ac]. The number of alkyl carbamates (subject to hydrolysis) is 1. The first-order valence-corrected chi connectivity index (χ1v) is 18.0. The first-order chi connectivity index (χ1) is 24.3. The van der Waals surface area contributed by atoms with Gasteiger partial charge in [-0.3, -0.25) is 9.80 Å². The van der Waals surface area contributed by atoms with Crippen molar-refractivity contribution in [1.29, 1.82) is 5.26 Å². The third-order valence-electron chi connectivity index (χ3n) is 10.4. The van der Waals surface area contributed by atoms with Crippen LogP contribution in [0, 0.1) is 69.2 Å². The van der Waals surface area contributed by atoms with Gasteiger partial charge in [-0.25, -0.2) is 9.59 Å². The average Bonchev–Trinajstić information content (AvgIpc) is 3.56. The molecule has 2 aromatic carbocycles. The summed E-state index contributed by atoms with van der Waals surface area (Å²) in [5.41, 5.74) is 3.83. The van der Waals surface area contributed by atoms with Crippen LogP contribution in [0.5, 0.6) is 28.7 Å². The molecule has 16 heteroatoms. The van der Waals surface area contributed by atoms with Crippen molar-refractivity contribution in [1.82, 2.24) is 15.1 Å². The molecule has 0 aromatic heterocycles. The molecule has 0 saturated carbocycles. The number of aryl methyl sites for hydroxylation is 1. The Morgan fingerprint density at radius 1 is 1.13 bits per heavy atom. The third kappa shape index (κ3) is 6.37. The van der Waals surface area contributed by atoms with Gasteiger partial charge in [-0.1, -0.05) is 6.07 Å². The number of nitriles is 1. The Morgan fingerprint density at radius 2 is 1.87 bits per heavy atom. The van der Waals surface area contributed by atoms with Crippen molar-refractivity contribution in [3.05, 3.63) is 39.4 Å². The molecular formula is C36H44AcN4O10S. The number of phenols is 1. The molecule has 7 rings (SSSR count). The Labute approximate surface area is 343 Å². The van der Waals surface area contributed by atoms with E-state index in [1.165, 1.54) is 11.8 Å². The molecule has 5 heterocycles. The van der Waals surface area contributed by atoms with Crippen LogP contribution in [-0.4, -0.2) is 104 Å². The summed E-state index contributed by atoms with van der Waals surface area (Å²) in [5.74, 6) is 1.53. The van der Waals surface area contributed by atoms with E-state index < -0.39 is 47.1 Å². The topological polar surface area (TPSA) is 161 Å². The number of nitrogens with zero attached hydrogens (tertiary/aromatic N) is 3. The van der Waals surface area contributed by atoms with Gasteiger partial charge in [-0.2, -0.15) is 5.26 Å². The number of phenolic OH excluding ortho intramolecular Hbond substituents is 1.